The average molecular weight is 391 g/mol. The molecule has 2 atom stereocenters. The van der Waals surface area contributed by atoms with E-state index in [1.54, 1.807) is 24.3 Å². The molecule has 2 unspecified atom stereocenters. The lowest BCUT2D eigenvalue weighted by molar-refractivity contribution is -0.149. The van der Waals surface area contributed by atoms with Crippen molar-refractivity contribution in [3.05, 3.63) is 76.8 Å². The van der Waals surface area contributed by atoms with Gasteiger partial charge in [0, 0.05) is 13.0 Å². The summed E-state index contributed by atoms with van der Waals surface area (Å²) in [5.74, 6) is -1.38. The van der Waals surface area contributed by atoms with E-state index < -0.39 is 18.1 Å². The van der Waals surface area contributed by atoms with E-state index in [4.69, 9.17) is 0 Å². The molecule has 1 aliphatic rings. The Morgan fingerprint density at radius 1 is 1.10 bits per heavy atom. The van der Waals surface area contributed by atoms with Crippen molar-refractivity contribution in [1.29, 1.82) is 0 Å². The Kier molecular flexibility index (Phi) is 5.12. The number of aromatic nitrogens is 2. The summed E-state index contributed by atoms with van der Waals surface area (Å²) in [6, 6.07) is 14.7. The van der Waals surface area contributed by atoms with Gasteiger partial charge in [-0.3, -0.25) is 14.2 Å². The fourth-order valence-electron chi connectivity index (χ4n) is 3.93. The summed E-state index contributed by atoms with van der Waals surface area (Å²) in [5, 5.41) is 9.92. The minimum Gasteiger partial charge on any atom is -0.480 e. The maximum absolute atomic E-state index is 13.4. The van der Waals surface area contributed by atoms with Crippen molar-refractivity contribution in [1.82, 2.24) is 14.5 Å². The van der Waals surface area contributed by atoms with E-state index in [1.165, 1.54) is 15.8 Å². The average Bonchev–Trinajstić information content (AvgIpc) is 3.23. The first-order valence-electron chi connectivity index (χ1n) is 9.59. The number of hydrogen-bond acceptors (Lipinski definition) is 4. The van der Waals surface area contributed by atoms with Crippen molar-refractivity contribution in [3.63, 3.8) is 0 Å². The maximum atomic E-state index is 13.4. The van der Waals surface area contributed by atoms with Crippen LogP contribution in [0.3, 0.4) is 0 Å². The molecule has 2 heterocycles. The molecule has 148 valence electrons. The number of carboxylic acids is 1. The van der Waals surface area contributed by atoms with E-state index in [1.807, 2.05) is 30.3 Å². The molecule has 0 saturated carbocycles. The number of benzene rings is 2. The standard InChI is InChI=1S/C22H21N3O4/c26-20-16-9-4-5-10-17(16)23-14-25(20)19(13-15-7-2-1-3-8-15)21(27)24-12-6-11-18(24)22(28)29/h1-5,7-10,14,18-19H,6,11-13H2,(H,28,29). The zero-order chi connectivity index (χ0) is 20.4. The zero-order valence-electron chi connectivity index (χ0n) is 15.8. The highest BCUT2D eigenvalue weighted by molar-refractivity contribution is 5.87. The summed E-state index contributed by atoms with van der Waals surface area (Å²) in [7, 11) is 0. The van der Waals surface area contributed by atoms with E-state index in [0.717, 1.165) is 5.56 Å². The normalized spacial score (nSPS) is 17.4. The summed E-state index contributed by atoms with van der Waals surface area (Å²) in [6.45, 7) is 0.372. The van der Waals surface area contributed by atoms with Crippen LogP contribution in [0.5, 0.6) is 0 Å². The summed E-state index contributed by atoms with van der Waals surface area (Å²) >= 11 is 0. The van der Waals surface area contributed by atoms with Gasteiger partial charge < -0.3 is 10.0 Å². The van der Waals surface area contributed by atoms with Crippen molar-refractivity contribution in [2.24, 2.45) is 0 Å². The summed E-state index contributed by atoms with van der Waals surface area (Å²) in [4.78, 5) is 43.9. The third kappa shape index (κ3) is 3.63. The molecule has 1 N–H and O–H groups in total. The quantitative estimate of drug-likeness (QED) is 0.720. The fourth-order valence-corrected chi connectivity index (χ4v) is 3.93. The van der Waals surface area contributed by atoms with Gasteiger partial charge in [0.25, 0.3) is 5.56 Å². The van der Waals surface area contributed by atoms with Crippen LogP contribution in [0.1, 0.15) is 24.4 Å². The molecular weight excluding hydrogens is 370 g/mol. The van der Waals surface area contributed by atoms with Gasteiger partial charge in [-0.15, -0.1) is 0 Å². The number of amides is 1. The van der Waals surface area contributed by atoms with Crippen molar-refractivity contribution in [3.8, 4) is 0 Å². The lowest BCUT2D eigenvalue weighted by atomic mass is 10.0. The van der Waals surface area contributed by atoms with Crippen molar-refractivity contribution in [2.75, 3.05) is 6.54 Å². The molecule has 4 rings (SSSR count). The second kappa shape index (κ2) is 7.87. The van der Waals surface area contributed by atoms with Crippen LogP contribution in [0.25, 0.3) is 10.9 Å². The summed E-state index contributed by atoms with van der Waals surface area (Å²) < 4.78 is 1.34. The Bertz CT molecular complexity index is 1110. The molecule has 0 bridgehead atoms. The third-order valence-electron chi connectivity index (χ3n) is 5.40. The van der Waals surface area contributed by atoms with Gasteiger partial charge in [0.05, 0.1) is 17.2 Å². The van der Waals surface area contributed by atoms with Crippen LogP contribution in [-0.4, -0.2) is 44.0 Å². The number of nitrogens with zero attached hydrogens (tertiary/aromatic N) is 3. The van der Waals surface area contributed by atoms with Gasteiger partial charge >= 0.3 is 5.97 Å². The van der Waals surface area contributed by atoms with Crippen LogP contribution >= 0.6 is 0 Å². The molecule has 7 heteroatoms. The van der Waals surface area contributed by atoms with E-state index in [9.17, 15) is 19.5 Å². The Hall–Kier alpha value is -3.48. The van der Waals surface area contributed by atoms with Crippen LogP contribution < -0.4 is 5.56 Å². The second-order valence-electron chi connectivity index (χ2n) is 7.21. The number of likely N-dealkylation sites (tertiary alicyclic amines) is 1. The van der Waals surface area contributed by atoms with Gasteiger partial charge in [-0.05, 0) is 30.5 Å². The van der Waals surface area contributed by atoms with Gasteiger partial charge in [0.15, 0.2) is 0 Å². The second-order valence-corrected chi connectivity index (χ2v) is 7.21. The fraction of sp³-hybridized carbons (Fsp3) is 0.273. The first kappa shape index (κ1) is 18.9. The van der Waals surface area contributed by atoms with E-state index in [2.05, 4.69) is 4.98 Å². The number of carbonyl (C=O) groups is 2. The molecule has 7 nitrogen and oxygen atoms in total. The number of fused-ring (bicyclic) bond motifs is 1. The maximum Gasteiger partial charge on any atom is 0.326 e. The predicted octanol–water partition coefficient (Wildman–Crippen LogP) is 2.26. The number of carbonyl (C=O) groups excluding carboxylic acids is 1. The van der Waals surface area contributed by atoms with Crippen LogP contribution in [-0.2, 0) is 16.0 Å². The molecule has 29 heavy (non-hydrogen) atoms. The molecular formula is C22H21N3O4. The molecule has 2 aromatic carbocycles. The van der Waals surface area contributed by atoms with Crippen LogP contribution in [0.4, 0.5) is 0 Å². The van der Waals surface area contributed by atoms with Gasteiger partial charge in [0.2, 0.25) is 5.91 Å². The highest BCUT2D eigenvalue weighted by Crippen LogP contribution is 2.24. The number of rotatable bonds is 5. The molecule has 0 aliphatic carbocycles. The van der Waals surface area contributed by atoms with E-state index >= 15 is 0 Å². The Balaban J connectivity index is 1.79. The molecule has 1 fully saturated rings. The SMILES string of the molecule is O=C(O)C1CCCN1C(=O)C(Cc1ccccc1)n1cnc2ccccc2c1=O. The van der Waals surface area contributed by atoms with Crippen LogP contribution in [0.15, 0.2) is 65.7 Å². The van der Waals surface area contributed by atoms with E-state index in [0.29, 0.717) is 30.3 Å². The first-order chi connectivity index (χ1) is 14.1. The summed E-state index contributed by atoms with van der Waals surface area (Å²) in [5.41, 5.74) is 1.14. The van der Waals surface area contributed by atoms with Gasteiger partial charge in [-0.2, -0.15) is 0 Å². The topological polar surface area (TPSA) is 92.5 Å². The molecule has 1 amide bonds. The first-order valence-corrected chi connectivity index (χ1v) is 9.59. The smallest absolute Gasteiger partial charge is 0.326 e. The largest absolute Gasteiger partial charge is 0.480 e. The predicted molar refractivity (Wildman–Crippen MR) is 108 cm³/mol. The van der Waals surface area contributed by atoms with E-state index in [-0.39, 0.29) is 17.9 Å². The Morgan fingerprint density at radius 2 is 1.83 bits per heavy atom. The van der Waals surface area contributed by atoms with Gasteiger partial charge in [0.1, 0.15) is 12.1 Å². The number of para-hydroxylation sites is 1. The summed E-state index contributed by atoms with van der Waals surface area (Å²) in [6.07, 6.45) is 2.72. The van der Waals surface area contributed by atoms with Crippen molar-refractivity contribution < 1.29 is 14.7 Å². The van der Waals surface area contributed by atoms with Gasteiger partial charge in [-0.1, -0.05) is 42.5 Å². The Morgan fingerprint density at radius 3 is 2.59 bits per heavy atom. The van der Waals surface area contributed by atoms with Crippen molar-refractivity contribution in [2.45, 2.75) is 31.3 Å². The number of carboxylic acid groups (broad SMARTS) is 1. The molecule has 1 aromatic heterocycles. The third-order valence-corrected chi connectivity index (χ3v) is 5.40. The zero-order valence-corrected chi connectivity index (χ0v) is 15.8. The van der Waals surface area contributed by atoms with Crippen LogP contribution in [0.2, 0.25) is 0 Å². The lowest BCUT2D eigenvalue weighted by Gasteiger charge is -2.28. The Labute approximate surface area is 167 Å². The molecule has 1 saturated heterocycles. The monoisotopic (exact) mass is 391 g/mol. The number of hydrogen-bond donors (Lipinski definition) is 1. The molecule has 3 aromatic rings. The van der Waals surface area contributed by atoms with Gasteiger partial charge in [-0.25, -0.2) is 9.78 Å². The molecule has 0 spiro atoms. The molecule has 0 radical (unpaired) electrons. The lowest BCUT2D eigenvalue weighted by Crippen LogP contribution is -2.46. The van der Waals surface area contributed by atoms with Crippen LogP contribution in [0, 0.1) is 0 Å². The minimum atomic E-state index is -1.02. The molecule has 1 aliphatic heterocycles. The number of aliphatic carboxylic acids is 1. The highest BCUT2D eigenvalue weighted by Gasteiger charge is 2.38. The minimum absolute atomic E-state index is 0.280. The van der Waals surface area contributed by atoms with Crippen molar-refractivity contribution >= 4 is 22.8 Å². The highest BCUT2D eigenvalue weighted by atomic mass is 16.4.